The standard InChI is InChI=1S/C16H16O2S/c1-2-3-11-17-13-8-6-9-14-16(13)19-15-10-5-4-7-12(15)18-14/h4-10H,2-3,11H2,1H3. The lowest BCUT2D eigenvalue weighted by atomic mass is 10.3. The summed E-state index contributed by atoms with van der Waals surface area (Å²) in [7, 11) is 0. The van der Waals surface area contributed by atoms with Gasteiger partial charge in [-0.1, -0.05) is 43.3 Å². The van der Waals surface area contributed by atoms with E-state index in [1.165, 1.54) is 0 Å². The minimum absolute atomic E-state index is 0.759. The summed E-state index contributed by atoms with van der Waals surface area (Å²) in [6.45, 7) is 2.92. The number of hydrogen-bond acceptors (Lipinski definition) is 3. The fourth-order valence-corrected chi connectivity index (χ4v) is 2.98. The zero-order chi connectivity index (χ0) is 13.1. The zero-order valence-corrected chi connectivity index (χ0v) is 11.7. The summed E-state index contributed by atoms with van der Waals surface area (Å²) in [5, 5.41) is 0. The van der Waals surface area contributed by atoms with Crippen LogP contribution < -0.4 is 9.47 Å². The Morgan fingerprint density at radius 3 is 2.79 bits per heavy atom. The van der Waals surface area contributed by atoms with E-state index >= 15 is 0 Å². The van der Waals surface area contributed by atoms with Crippen LogP contribution in [0, 0.1) is 0 Å². The number of hydrogen-bond donors (Lipinski definition) is 0. The Labute approximate surface area is 117 Å². The summed E-state index contributed by atoms with van der Waals surface area (Å²) in [5.41, 5.74) is 0. The predicted octanol–water partition coefficient (Wildman–Crippen LogP) is 5.12. The Bertz CT molecular complexity index is 581. The highest BCUT2D eigenvalue weighted by atomic mass is 32.2. The second-order valence-corrected chi connectivity index (χ2v) is 5.49. The molecule has 19 heavy (non-hydrogen) atoms. The molecule has 0 saturated carbocycles. The molecule has 0 bridgehead atoms. The van der Waals surface area contributed by atoms with Crippen molar-refractivity contribution in [3.8, 4) is 17.2 Å². The average molecular weight is 272 g/mol. The molecule has 2 aromatic rings. The smallest absolute Gasteiger partial charge is 0.145 e. The fraction of sp³-hybridized carbons (Fsp3) is 0.250. The van der Waals surface area contributed by atoms with Crippen molar-refractivity contribution in [1.29, 1.82) is 0 Å². The average Bonchev–Trinajstić information content (AvgIpc) is 2.46. The largest absolute Gasteiger partial charge is 0.492 e. The van der Waals surface area contributed by atoms with Crippen molar-refractivity contribution in [1.82, 2.24) is 0 Å². The summed E-state index contributed by atoms with van der Waals surface area (Å²) in [4.78, 5) is 2.22. The maximum absolute atomic E-state index is 5.92. The molecule has 3 rings (SSSR count). The van der Waals surface area contributed by atoms with E-state index in [1.807, 2.05) is 36.4 Å². The molecule has 0 atom stereocenters. The Balaban J connectivity index is 1.88. The van der Waals surface area contributed by atoms with Crippen molar-refractivity contribution in [2.45, 2.75) is 29.6 Å². The topological polar surface area (TPSA) is 18.5 Å². The molecule has 3 heteroatoms. The van der Waals surface area contributed by atoms with Crippen LogP contribution in [-0.2, 0) is 0 Å². The van der Waals surface area contributed by atoms with E-state index in [0.717, 1.165) is 46.5 Å². The van der Waals surface area contributed by atoms with Crippen molar-refractivity contribution >= 4 is 11.8 Å². The summed E-state index contributed by atoms with van der Waals surface area (Å²) in [6, 6.07) is 14.1. The number of ether oxygens (including phenoxy) is 2. The van der Waals surface area contributed by atoms with E-state index in [-0.39, 0.29) is 0 Å². The lowest BCUT2D eigenvalue weighted by molar-refractivity contribution is 0.299. The lowest BCUT2D eigenvalue weighted by Crippen LogP contribution is -2.01. The molecule has 0 unspecified atom stereocenters. The maximum atomic E-state index is 5.92. The molecule has 1 aliphatic rings. The molecule has 1 heterocycles. The number of para-hydroxylation sites is 1. The summed E-state index contributed by atoms with van der Waals surface area (Å²) < 4.78 is 11.8. The predicted molar refractivity (Wildman–Crippen MR) is 77.5 cm³/mol. The van der Waals surface area contributed by atoms with Crippen molar-refractivity contribution < 1.29 is 9.47 Å². The van der Waals surface area contributed by atoms with Crippen LogP contribution in [0.3, 0.4) is 0 Å². The van der Waals surface area contributed by atoms with Crippen LogP contribution >= 0.6 is 11.8 Å². The van der Waals surface area contributed by atoms with E-state index in [2.05, 4.69) is 13.0 Å². The first kappa shape index (κ1) is 12.4. The third kappa shape index (κ3) is 2.56. The molecule has 0 radical (unpaired) electrons. The lowest BCUT2D eigenvalue weighted by Gasteiger charge is -2.21. The molecule has 0 amide bonds. The number of benzene rings is 2. The molecular formula is C16H16O2S. The van der Waals surface area contributed by atoms with Gasteiger partial charge in [-0.3, -0.25) is 0 Å². The third-order valence-electron chi connectivity index (χ3n) is 2.98. The number of rotatable bonds is 4. The van der Waals surface area contributed by atoms with Gasteiger partial charge >= 0.3 is 0 Å². The summed E-state index contributed by atoms with van der Waals surface area (Å²) >= 11 is 1.72. The van der Waals surface area contributed by atoms with Gasteiger partial charge in [0.1, 0.15) is 17.2 Å². The van der Waals surface area contributed by atoms with Gasteiger partial charge < -0.3 is 9.47 Å². The van der Waals surface area contributed by atoms with Gasteiger partial charge in [0.2, 0.25) is 0 Å². The number of unbranched alkanes of at least 4 members (excludes halogenated alkanes) is 1. The zero-order valence-electron chi connectivity index (χ0n) is 10.9. The first-order valence-electron chi connectivity index (χ1n) is 6.59. The first-order chi connectivity index (χ1) is 9.38. The van der Waals surface area contributed by atoms with Gasteiger partial charge in [0.25, 0.3) is 0 Å². The van der Waals surface area contributed by atoms with Crippen LogP contribution in [0.4, 0.5) is 0 Å². The minimum atomic E-state index is 0.759. The molecule has 2 aromatic carbocycles. The van der Waals surface area contributed by atoms with Crippen LogP contribution in [0.15, 0.2) is 52.3 Å². The normalized spacial score (nSPS) is 12.3. The SMILES string of the molecule is CCCCOc1cccc2c1Sc1ccccc1O2. The Morgan fingerprint density at radius 2 is 1.89 bits per heavy atom. The maximum Gasteiger partial charge on any atom is 0.145 e. The van der Waals surface area contributed by atoms with Gasteiger partial charge in [-0.05, 0) is 30.7 Å². The molecule has 0 saturated heterocycles. The van der Waals surface area contributed by atoms with Gasteiger partial charge in [-0.2, -0.15) is 0 Å². The molecule has 0 fully saturated rings. The Morgan fingerprint density at radius 1 is 1.05 bits per heavy atom. The van der Waals surface area contributed by atoms with Crippen molar-refractivity contribution in [3.05, 3.63) is 42.5 Å². The van der Waals surface area contributed by atoms with E-state index in [1.54, 1.807) is 11.8 Å². The highest BCUT2D eigenvalue weighted by Gasteiger charge is 2.20. The van der Waals surface area contributed by atoms with E-state index in [4.69, 9.17) is 9.47 Å². The van der Waals surface area contributed by atoms with E-state index < -0.39 is 0 Å². The minimum Gasteiger partial charge on any atom is -0.492 e. The summed E-state index contributed by atoms with van der Waals surface area (Å²) in [6.07, 6.45) is 2.22. The third-order valence-corrected chi connectivity index (χ3v) is 4.14. The number of fused-ring (bicyclic) bond motifs is 2. The van der Waals surface area contributed by atoms with Crippen molar-refractivity contribution in [2.75, 3.05) is 6.61 Å². The van der Waals surface area contributed by atoms with Crippen LogP contribution in [0.2, 0.25) is 0 Å². The first-order valence-corrected chi connectivity index (χ1v) is 7.40. The highest BCUT2D eigenvalue weighted by molar-refractivity contribution is 7.99. The van der Waals surface area contributed by atoms with Gasteiger partial charge in [0, 0.05) is 0 Å². The van der Waals surface area contributed by atoms with Crippen LogP contribution in [0.25, 0.3) is 0 Å². The molecule has 0 spiro atoms. The Kier molecular flexibility index (Phi) is 3.65. The molecule has 0 aromatic heterocycles. The quantitative estimate of drug-likeness (QED) is 0.614. The van der Waals surface area contributed by atoms with E-state index in [9.17, 15) is 0 Å². The van der Waals surface area contributed by atoms with Gasteiger partial charge in [-0.15, -0.1) is 0 Å². The molecule has 98 valence electrons. The van der Waals surface area contributed by atoms with Gasteiger partial charge in [-0.25, -0.2) is 0 Å². The Hall–Kier alpha value is -1.61. The second kappa shape index (κ2) is 5.57. The van der Waals surface area contributed by atoms with Crippen LogP contribution in [0.1, 0.15) is 19.8 Å². The monoisotopic (exact) mass is 272 g/mol. The molecular weight excluding hydrogens is 256 g/mol. The van der Waals surface area contributed by atoms with Crippen molar-refractivity contribution in [2.24, 2.45) is 0 Å². The molecule has 0 aliphatic carbocycles. The highest BCUT2D eigenvalue weighted by Crippen LogP contribution is 2.50. The van der Waals surface area contributed by atoms with Crippen molar-refractivity contribution in [3.63, 3.8) is 0 Å². The fourth-order valence-electron chi connectivity index (χ4n) is 1.96. The molecule has 1 aliphatic heterocycles. The van der Waals surface area contributed by atoms with Gasteiger partial charge in [0.15, 0.2) is 0 Å². The molecule has 2 nitrogen and oxygen atoms in total. The second-order valence-electron chi connectivity index (χ2n) is 4.44. The molecule has 0 N–H and O–H groups in total. The van der Waals surface area contributed by atoms with Crippen LogP contribution in [0.5, 0.6) is 17.2 Å². The van der Waals surface area contributed by atoms with Gasteiger partial charge in [0.05, 0.1) is 16.4 Å². The van der Waals surface area contributed by atoms with Crippen LogP contribution in [-0.4, -0.2) is 6.61 Å². The summed E-state index contributed by atoms with van der Waals surface area (Å²) in [5.74, 6) is 2.73. The van der Waals surface area contributed by atoms with E-state index in [0.29, 0.717) is 0 Å².